The Balaban J connectivity index is 2.08. The first-order chi connectivity index (χ1) is 9.61. The van der Waals surface area contributed by atoms with Gasteiger partial charge in [0.25, 0.3) is 0 Å². The van der Waals surface area contributed by atoms with Gasteiger partial charge in [0.2, 0.25) is 5.91 Å². The maximum absolute atomic E-state index is 13.1. The molecule has 0 N–H and O–H groups in total. The van der Waals surface area contributed by atoms with E-state index in [1.54, 1.807) is 17.0 Å². The van der Waals surface area contributed by atoms with E-state index in [0.717, 1.165) is 12.8 Å². The topological polar surface area (TPSA) is 46.6 Å². The van der Waals surface area contributed by atoms with Crippen molar-refractivity contribution < 1.29 is 18.7 Å². The van der Waals surface area contributed by atoms with E-state index in [1.165, 1.54) is 19.2 Å². The Morgan fingerprint density at radius 3 is 2.90 bits per heavy atom. The van der Waals surface area contributed by atoms with E-state index < -0.39 is 6.04 Å². The molecule has 1 fully saturated rings. The van der Waals surface area contributed by atoms with Gasteiger partial charge in [0, 0.05) is 6.54 Å². The fourth-order valence-electron chi connectivity index (χ4n) is 2.53. The summed E-state index contributed by atoms with van der Waals surface area (Å²) in [5, 5.41) is 0. The summed E-state index contributed by atoms with van der Waals surface area (Å²) in [6, 6.07) is 5.46. The molecule has 0 bridgehead atoms. The molecule has 0 aromatic heterocycles. The molecular weight excluding hydrogens is 261 g/mol. The van der Waals surface area contributed by atoms with Gasteiger partial charge >= 0.3 is 5.97 Å². The van der Waals surface area contributed by atoms with E-state index in [0.29, 0.717) is 18.5 Å². The summed E-state index contributed by atoms with van der Waals surface area (Å²) in [5.41, 5.74) is 0.615. The number of carbonyl (C=O) groups is 2. The fourth-order valence-corrected chi connectivity index (χ4v) is 2.53. The second kappa shape index (κ2) is 6.50. The highest BCUT2D eigenvalue weighted by Crippen LogP contribution is 2.19. The Morgan fingerprint density at radius 2 is 2.20 bits per heavy atom. The first-order valence-corrected chi connectivity index (χ1v) is 6.73. The zero-order chi connectivity index (χ0) is 14.5. The number of amides is 1. The third kappa shape index (κ3) is 3.35. The van der Waals surface area contributed by atoms with Crippen LogP contribution in [0.3, 0.4) is 0 Å². The molecule has 1 atom stereocenters. The molecule has 1 aromatic carbocycles. The molecule has 5 heteroatoms. The number of carbonyl (C=O) groups excluding carboxylic acids is 2. The van der Waals surface area contributed by atoms with Crippen LogP contribution >= 0.6 is 0 Å². The first kappa shape index (κ1) is 14.5. The molecule has 1 aliphatic rings. The third-order valence-corrected chi connectivity index (χ3v) is 3.54. The zero-order valence-electron chi connectivity index (χ0n) is 11.5. The maximum Gasteiger partial charge on any atom is 0.328 e. The number of piperidine rings is 1. The van der Waals surface area contributed by atoms with Gasteiger partial charge in [-0.1, -0.05) is 12.1 Å². The lowest BCUT2D eigenvalue weighted by Crippen LogP contribution is -2.49. The average molecular weight is 279 g/mol. The van der Waals surface area contributed by atoms with Gasteiger partial charge in [-0.3, -0.25) is 4.79 Å². The van der Waals surface area contributed by atoms with E-state index >= 15 is 0 Å². The van der Waals surface area contributed by atoms with E-state index in [4.69, 9.17) is 4.74 Å². The van der Waals surface area contributed by atoms with Crippen molar-refractivity contribution in [2.24, 2.45) is 0 Å². The Kier molecular flexibility index (Phi) is 4.71. The number of hydrogen-bond donors (Lipinski definition) is 0. The van der Waals surface area contributed by atoms with Crippen LogP contribution < -0.4 is 0 Å². The molecule has 2 rings (SSSR count). The monoisotopic (exact) mass is 279 g/mol. The van der Waals surface area contributed by atoms with E-state index in [1.807, 2.05) is 0 Å². The van der Waals surface area contributed by atoms with Crippen LogP contribution in [-0.4, -0.2) is 36.5 Å². The second-order valence-corrected chi connectivity index (χ2v) is 4.93. The van der Waals surface area contributed by atoms with Gasteiger partial charge in [-0.15, -0.1) is 0 Å². The minimum Gasteiger partial charge on any atom is -0.467 e. The molecule has 1 aromatic rings. The van der Waals surface area contributed by atoms with Gasteiger partial charge < -0.3 is 9.64 Å². The minimum atomic E-state index is -0.505. The predicted octanol–water partition coefficient (Wildman–Crippen LogP) is 1.92. The fraction of sp³-hybridized carbons (Fsp3) is 0.467. The Morgan fingerprint density at radius 1 is 1.40 bits per heavy atom. The van der Waals surface area contributed by atoms with Crippen LogP contribution in [0, 0.1) is 5.82 Å². The van der Waals surface area contributed by atoms with E-state index in [9.17, 15) is 14.0 Å². The zero-order valence-corrected chi connectivity index (χ0v) is 11.5. The Labute approximate surface area is 117 Å². The molecule has 20 heavy (non-hydrogen) atoms. The highest BCUT2D eigenvalue weighted by atomic mass is 19.1. The van der Waals surface area contributed by atoms with Crippen LogP contribution in [0.5, 0.6) is 0 Å². The summed E-state index contributed by atoms with van der Waals surface area (Å²) in [4.78, 5) is 25.6. The standard InChI is InChI=1S/C15H18FNO3/c1-20-15(19)13-7-2-3-8-17(13)14(18)10-11-5-4-6-12(16)9-11/h4-6,9,13H,2-3,7-8,10H2,1H3. The van der Waals surface area contributed by atoms with Gasteiger partial charge in [-0.25, -0.2) is 9.18 Å². The maximum atomic E-state index is 13.1. The number of methoxy groups -OCH3 is 1. The van der Waals surface area contributed by atoms with Crippen molar-refractivity contribution in [2.75, 3.05) is 13.7 Å². The first-order valence-electron chi connectivity index (χ1n) is 6.73. The smallest absolute Gasteiger partial charge is 0.328 e. The lowest BCUT2D eigenvalue weighted by atomic mass is 10.0. The molecular formula is C15H18FNO3. The quantitative estimate of drug-likeness (QED) is 0.794. The van der Waals surface area contributed by atoms with Gasteiger partial charge in [0.05, 0.1) is 13.5 Å². The van der Waals surface area contributed by atoms with Crippen LogP contribution in [0.2, 0.25) is 0 Å². The van der Waals surface area contributed by atoms with Crippen LogP contribution in [0.1, 0.15) is 24.8 Å². The number of rotatable bonds is 3. The largest absolute Gasteiger partial charge is 0.467 e. The number of ether oxygens (including phenoxy) is 1. The summed E-state index contributed by atoms with van der Waals surface area (Å²) >= 11 is 0. The van der Waals surface area contributed by atoms with E-state index in [2.05, 4.69) is 0 Å². The molecule has 1 saturated heterocycles. The molecule has 0 saturated carbocycles. The van der Waals surface area contributed by atoms with Crippen molar-refractivity contribution >= 4 is 11.9 Å². The van der Waals surface area contributed by atoms with Gasteiger partial charge in [0.1, 0.15) is 11.9 Å². The molecule has 4 nitrogen and oxygen atoms in total. The summed E-state index contributed by atoms with van der Waals surface area (Å²) in [6.07, 6.45) is 2.51. The van der Waals surface area contributed by atoms with Gasteiger partial charge in [0.15, 0.2) is 0 Å². The summed E-state index contributed by atoms with van der Waals surface area (Å²) < 4.78 is 17.9. The molecule has 1 amide bonds. The van der Waals surface area contributed by atoms with Crippen molar-refractivity contribution in [3.63, 3.8) is 0 Å². The van der Waals surface area contributed by atoms with Crippen molar-refractivity contribution in [3.05, 3.63) is 35.6 Å². The molecule has 1 unspecified atom stereocenters. The molecule has 0 spiro atoms. The lowest BCUT2D eigenvalue weighted by molar-refractivity contribution is -0.154. The molecule has 0 radical (unpaired) electrons. The molecule has 1 aliphatic heterocycles. The van der Waals surface area contributed by atoms with Crippen molar-refractivity contribution in [1.82, 2.24) is 4.90 Å². The second-order valence-electron chi connectivity index (χ2n) is 4.93. The highest BCUT2D eigenvalue weighted by molar-refractivity contribution is 5.85. The SMILES string of the molecule is COC(=O)C1CCCCN1C(=O)Cc1cccc(F)c1. The van der Waals surface area contributed by atoms with Crippen molar-refractivity contribution in [1.29, 1.82) is 0 Å². The van der Waals surface area contributed by atoms with Crippen LogP contribution in [0.4, 0.5) is 4.39 Å². The normalized spacial score (nSPS) is 18.7. The minimum absolute atomic E-state index is 0.102. The van der Waals surface area contributed by atoms with Crippen LogP contribution in [0.15, 0.2) is 24.3 Å². The number of hydrogen-bond acceptors (Lipinski definition) is 3. The summed E-state index contributed by atoms with van der Waals surface area (Å²) in [6.45, 7) is 0.550. The highest BCUT2D eigenvalue weighted by Gasteiger charge is 2.32. The van der Waals surface area contributed by atoms with Gasteiger partial charge in [-0.05, 0) is 37.0 Å². The Bertz CT molecular complexity index is 504. The van der Waals surface area contributed by atoms with Gasteiger partial charge in [-0.2, -0.15) is 0 Å². The summed E-state index contributed by atoms with van der Waals surface area (Å²) in [7, 11) is 1.33. The lowest BCUT2D eigenvalue weighted by Gasteiger charge is -2.33. The van der Waals surface area contributed by atoms with Crippen molar-refractivity contribution in [3.8, 4) is 0 Å². The van der Waals surface area contributed by atoms with E-state index in [-0.39, 0.29) is 24.1 Å². The molecule has 0 aliphatic carbocycles. The number of nitrogens with zero attached hydrogens (tertiary/aromatic N) is 1. The number of benzene rings is 1. The number of esters is 1. The average Bonchev–Trinajstić information content (AvgIpc) is 2.46. The number of halogens is 1. The number of likely N-dealkylation sites (tertiary alicyclic amines) is 1. The molecule has 1 heterocycles. The Hall–Kier alpha value is -1.91. The third-order valence-electron chi connectivity index (χ3n) is 3.54. The van der Waals surface area contributed by atoms with Crippen LogP contribution in [-0.2, 0) is 20.7 Å². The predicted molar refractivity (Wildman–Crippen MR) is 71.5 cm³/mol. The van der Waals surface area contributed by atoms with Crippen LogP contribution in [0.25, 0.3) is 0 Å². The van der Waals surface area contributed by atoms with Crippen molar-refractivity contribution in [2.45, 2.75) is 31.7 Å². The molecule has 108 valence electrons. The summed E-state index contributed by atoms with van der Waals surface area (Å²) in [5.74, 6) is -0.901.